The Kier molecular flexibility index (Phi) is 17.0. The average Bonchev–Trinajstić information content (AvgIpc) is 3.40. The lowest BCUT2D eigenvalue weighted by Crippen LogP contribution is -2.48. The average molecular weight is 1060 g/mol. The van der Waals surface area contributed by atoms with Crippen LogP contribution in [0.2, 0.25) is 0 Å². The van der Waals surface area contributed by atoms with E-state index in [1.807, 2.05) is 0 Å². The van der Waals surface area contributed by atoms with Gasteiger partial charge in [0.15, 0.2) is 0 Å². The molecule has 0 heterocycles. The van der Waals surface area contributed by atoms with Crippen LogP contribution in [0.5, 0.6) is 40.2 Å². The number of para-hydroxylation sites is 7. The van der Waals surface area contributed by atoms with Gasteiger partial charge in [-0.1, -0.05) is 146 Å². The summed E-state index contributed by atoms with van der Waals surface area (Å²) < 4.78 is 105. The summed E-state index contributed by atoms with van der Waals surface area (Å²) in [6.07, 6.45) is -4.07. The van der Waals surface area contributed by atoms with Gasteiger partial charge in [0, 0.05) is 5.30 Å². The fourth-order valence-corrected chi connectivity index (χ4v) is 14.5. The molecule has 73 heavy (non-hydrogen) atoms. The third-order valence-electron chi connectivity index (χ3n) is 10.2. The zero-order valence-corrected chi connectivity index (χ0v) is 42.5. The standard InChI is InChI=1S/C54H48N2O13P4/c57-53(55(41-70(59,52-39-23-8-24-40-52)63-45-25-9-1-10-26-45)42-71(60,64-46-27-11-2-12-28-46)65-47-29-13-3-14-30-47)54(58)56(43-72(61,66-48-31-15-4-16-32-48)67-49-33-17-5-18-34-49)44-73(62,68-50-35-19-6-20-36-50)69-51-37-21-7-22-38-51/h1-40H,41-44H2. The Hall–Kier alpha value is -7.78. The predicted molar refractivity (Wildman–Crippen MR) is 279 cm³/mol. The van der Waals surface area contributed by atoms with Crippen molar-refractivity contribution in [2.45, 2.75) is 0 Å². The molecule has 8 rings (SSSR count). The van der Waals surface area contributed by atoms with E-state index in [2.05, 4.69) is 0 Å². The van der Waals surface area contributed by atoms with Gasteiger partial charge < -0.3 is 41.5 Å². The molecule has 0 spiro atoms. The Bertz CT molecular complexity index is 2990. The number of rotatable bonds is 23. The Morgan fingerprint density at radius 1 is 0.274 bits per heavy atom. The second-order valence-corrected chi connectivity index (χ2v) is 23.9. The minimum absolute atomic E-state index is 0.0605. The highest BCUT2D eigenvalue weighted by atomic mass is 31.2. The monoisotopic (exact) mass is 1060 g/mol. The molecule has 15 nitrogen and oxygen atoms in total. The summed E-state index contributed by atoms with van der Waals surface area (Å²) >= 11 is 0. The molecular weight excluding hydrogens is 1010 g/mol. The van der Waals surface area contributed by atoms with Crippen LogP contribution in [0, 0.1) is 0 Å². The van der Waals surface area contributed by atoms with Crippen LogP contribution >= 0.6 is 30.2 Å². The van der Waals surface area contributed by atoms with E-state index >= 15 is 27.8 Å². The van der Waals surface area contributed by atoms with Crippen molar-refractivity contribution in [2.24, 2.45) is 0 Å². The van der Waals surface area contributed by atoms with Crippen molar-refractivity contribution in [3.8, 4) is 40.2 Å². The van der Waals surface area contributed by atoms with Crippen molar-refractivity contribution in [3.63, 3.8) is 0 Å². The highest BCUT2D eigenvalue weighted by Gasteiger charge is 2.46. The Labute approximate surface area is 422 Å². The molecule has 8 aromatic carbocycles. The summed E-state index contributed by atoms with van der Waals surface area (Å²) in [6.45, 7) is 0. The third kappa shape index (κ3) is 14.9. The van der Waals surface area contributed by atoms with Crippen LogP contribution in [0.1, 0.15) is 0 Å². The van der Waals surface area contributed by atoms with Crippen LogP contribution in [0.3, 0.4) is 0 Å². The van der Waals surface area contributed by atoms with E-state index in [1.165, 1.54) is 84.9 Å². The molecule has 19 heteroatoms. The first-order chi connectivity index (χ1) is 35.4. The van der Waals surface area contributed by atoms with Crippen molar-refractivity contribution in [2.75, 3.05) is 25.1 Å². The van der Waals surface area contributed by atoms with E-state index in [-0.39, 0.29) is 45.6 Å². The zero-order chi connectivity index (χ0) is 51.0. The summed E-state index contributed by atoms with van der Waals surface area (Å²) in [5.74, 6) is -2.49. The van der Waals surface area contributed by atoms with Crippen molar-refractivity contribution in [3.05, 3.63) is 243 Å². The van der Waals surface area contributed by atoms with E-state index in [1.54, 1.807) is 158 Å². The molecule has 0 aliphatic heterocycles. The molecule has 0 bridgehead atoms. The van der Waals surface area contributed by atoms with Crippen molar-refractivity contribution in [1.29, 1.82) is 0 Å². The van der Waals surface area contributed by atoms with E-state index in [4.69, 9.17) is 31.7 Å². The number of hydrogen-bond acceptors (Lipinski definition) is 13. The summed E-state index contributed by atoms with van der Waals surface area (Å²) in [5.41, 5.74) is 0. The smallest absolute Gasteiger partial charge is 0.439 e. The molecule has 2 amide bonds. The van der Waals surface area contributed by atoms with Gasteiger partial charge in [-0.25, -0.2) is 13.7 Å². The number of carbonyl (C=O) groups is 2. The van der Waals surface area contributed by atoms with Gasteiger partial charge in [0.05, 0.1) is 0 Å². The van der Waals surface area contributed by atoms with Crippen LogP contribution in [-0.2, 0) is 27.8 Å². The SMILES string of the molecule is O=C(C(=O)N(CP(=O)(Oc1ccccc1)Oc1ccccc1)CP(=O)(Oc1ccccc1)c1ccccc1)N(CP(=O)(Oc1ccccc1)Oc1ccccc1)CP(=O)(Oc1ccccc1)Oc1ccccc1. The first-order valence-electron chi connectivity index (χ1n) is 22.6. The summed E-state index contributed by atoms with van der Waals surface area (Å²) in [4.78, 5) is 32.6. The topological polar surface area (TPSA) is 174 Å². The summed E-state index contributed by atoms with van der Waals surface area (Å²) in [6, 6.07) is 64.0. The number of nitrogens with zero attached hydrogens (tertiary/aromatic N) is 2. The molecule has 0 N–H and O–H groups in total. The lowest BCUT2D eigenvalue weighted by Gasteiger charge is -2.33. The molecule has 0 saturated heterocycles. The van der Waals surface area contributed by atoms with Crippen molar-refractivity contribution < 1.29 is 59.5 Å². The van der Waals surface area contributed by atoms with E-state index in [0.29, 0.717) is 4.90 Å². The maximum atomic E-state index is 15.7. The number of amides is 2. The van der Waals surface area contributed by atoms with Gasteiger partial charge in [-0.3, -0.25) is 14.2 Å². The second-order valence-electron chi connectivity index (χ2n) is 15.9. The molecule has 0 radical (unpaired) electrons. The quantitative estimate of drug-likeness (QED) is 0.0438. The highest BCUT2D eigenvalue weighted by Crippen LogP contribution is 2.55. The molecule has 372 valence electrons. The number of benzene rings is 8. The fourth-order valence-electron chi connectivity index (χ4n) is 7.02. The van der Waals surface area contributed by atoms with Crippen molar-refractivity contribution in [1.82, 2.24) is 9.80 Å². The Morgan fingerprint density at radius 2 is 0.466 bits per heavy atom. The van der Waals surface area contributed by atoms with Crippen molar-refractivity contribution >= 4 is 47.3 Å². The molecular formula is C54H48N2O13P4. The summed E-state index contributed by atoms with van der Waals surface area (Å²) in [7, 11) is -18.6. The first-order valence-corrected chi connectivity index (χ1v) is 29.6. The highest BCUT2D eigenvalue weighted by molar-refractivity contribution is 7.67. The molecule has 1 unspecified atom stereocenters. The molecule has 8 aromatic rings. The first kappa shape index (κ1) is 51.6. The van der Waals surface area contributed by atoms with Gasteiger partial charge in [-0.15, -0.1) is 0 Å². The Morgan fingerprint density at radius 3 is 0.699 bits per heavy atom. The van der Waals surface area contributed by atoms with Crippen LogP contribution in [-0.4, -0.2) is 46.8 Å². The Balaban J connectivity index is 1.27. The van der Waals surface area contributed by atoms with Gasteiger partial charge in [-0.2, -0.15) is 0 Å². The van der Waals surface area contributed by atoms with Crippen LogP contribution < -0.4 is 37.0 Å². The minimum Gasteiger partial charge on any atom is -0.439 e. The largest absolute Gasteiger partial charge is 0.450 e. The molecule has 0 fully saturated rings. The van der Waals surface area contributed by atoms with Crippen LogP contribution in [0.15, 0.2) is 243 Å². The van der Waals surface area contributed by atoms with Crippen LogP contribution in [0.4, 0.5) is 0 Å². The third-order valence-corrected chi connectivity index (χ3v) is 17.5. The lowest BCUT2D eigenvalue weighted by atomic mass is 10.3. The molecule has 1 atom stereocenters. The van der Waals surface area contributed by atoms with Gasteiger partial charge in [0.1, 0.15) is 65.4 Å². The molecule has 0 aliphatic carbocycles. The normalized spacial score (nSPS) is 12.2. The van der Waals surface area contributed by atoms with Gasteiger partial charge in [0.25, 0.3) is 7.37 Å². The van der Waals surface area contributed by atoms with E-state index in [0.717, 1.165) is 4.90 Å². The lowest BCUT2D eigenvalue weighted by molar-refractivity contribution is -0.150. The number of carbonyl (C=O) groups excluding carboxylic acids is 2. The number of hydrogen-bond donors (Lipinski definition) is 0. The molecule has 0 aliphatic rings. The second kappa shape index (κ2) is 24.1. The fraction of sp³-hybridized carbons (Fsp3) is 0.0741. The predicted octanol–water partition coefficient (Wildman–Crippen LogP) is 13.2. The van der Waals surface area contributed by atoms with Gasteiger partial charge in [0.2, 0.25) is 0 Å². The maximum Gasteiger partial charge on any atom is 0.450 e. The summed E-state index contributed by atoms with van der Waals surface area (Å²) in [5, 5.41) is 0.123. The van der Waals surface area contributed by atoms with E-state index in [9.17, 15) is 0 Å². The van der Waals surface area contributed by atoms with E-state index < -0.39 is 67.1 Å². The molecule has 0 saturated carbocycles. The van der Waals surface area contributed by atoms with Gasteiger partial charge in [-0.05, 0) is 97.1 Å². The maximum absolute atomic E-state index is 15.7. The molecule has 0 aromatic heterocycles. The zero-order valence-electron chi connectivity index (χ0n) is 38.9. The van der Waals surface area contributed by atoms with Gasteiger partial charge >= 0.3 is 34.6 Å². The van der Waals surface area contributed by atoms with Crippen LogP contribution in [0.25, 0.3) is 0 Å². The minimum atomic E-state index is -4.74.